The van der Waals surface area contributed by atoms with Crippen LogP contribution in [-0.2, 0) is 4.74 Å². The molecule has 1 aliphatic rings. The summed E-state index contributed by atoms with van der Waals surface area (Å²) in [6, 6.07) is 7.38. The molecule has 0 bridgehead atoms. The van der Waals surface area contributed by atoms with Crippen molar-refractivity contribution in [2.45, 2.75) is 19.4 Å². The molecule has 0 aromatic heterocycles. The fourth-order valence-electron chi connectivity index (χ4n) is 2.24. The third kappa shape index (κ3) is 3.83. The lowest BCUT2D eigenvalue weighted by Gasteiger charge is -2.22. The monoisotopic (exact) mass is 272 g/mol. The van der Waals surface area contributed by atoms with Crippen LogP contribution in [0.15, 0.2) is 24.3 Å². The number of ether oxygens (including phenoxy) is 1. The van der Waals surface area contributed by atoms with Crippen LogP contribution in [0.2, 0.25) is 0 Å². The Hall–Kier alpha value is -1.83. The summed E-state index contributed by atoms with van der Waals surface area (Å²) < 4.78 is 5.57. The van der Waals surface area contributed by atoms with E-state index in [2.05, 4.69) is 11.8 Å². The molecule has 4 nitrogen and oxygen atoms in total. The molecule has 1 saturated heterocycles. The van der Waals surface area contributed by atoms with Gasteiger partial charge < -0.3 is 15.4 Å². The number of carbonyl (C=O) groups excluding carboxylic acids is 1. The number of hydrogen-bond donors (Lipinski definition) is 1. The number of nitrogens with zero attached hydrogens (tertiary/aromatic N) is 1. The minimum Gasteiger partial charge on any atom is -0.377 e. The molecule has 0 saturated carbocycles. The van der Waals surface area contributed by atoms with E-state index in [0.29, 0.717) is 25.3 Å². The van der Waals surface area contributed by atoms with Gasteiger partial charge in [-0.2, -0.15) is 0 Å². The van der Waals surface area contributed by atoms with E-state index >= 15 is 0 Å². The van der Waals surface area contributed by atoms with E-state index in [1.807, 2.05) is 36.1 Å². The number of benzene rings is 1. The van der Waals surface area contributed by atoms with Crippen molar-refractivity contribution in [3.8, 4) is 11.8 Å². The molecule has 1 heterocycles. The summed E-state index contributed by atoms with van der Waals surface area (Å²) in [4.78, 5) is 14.4. The normalized spacial score (nSPS) is 18.9. The molecule has 106 valence electrons. The fourth-order valence-corrected chi connectivity index (χ4v) is 2.24. The third-order valence-corrected chi connectivity index (χ3v) is 3.18. The summed E-state index contributed by atoms with van der Waals surface area (Å²) in [7, 11) is 0. The Labute approximate surface area is 119 Å². The van der Waals surface area contributed by atoms with Crippen LogP contribution in [0, 0.1) is 11.8 Å². The molecule has 20 heavy (non-hydrogen) atoms. The first-order valence-electron chi connectivity index (χ1n) is 6.90. The van der Waals surface area contributed by atoms with Gasteiger partial charge in [0.05, 0.1) is 12.6 Å². The van der Waals surface area contributed by atoms with Crippen molar-refractivity contribution in [1.82, 2.24) is 4.90 Å². The lowest BCUT2D eigenvalue weighted by Crippen LogP contribution is -2.35. The highest BCUT2D eigenvalue weighted by Crippen LogP contribution is 2.12. The highest BCUT2D eigenvalue weighted by molar-refractivity contribution is 5.94. The molecule has 1 aliphatic heterocycles. The fraction of sp³-hybridized carbons (Fsp3) is 0.438. The average Bonchev–Trinajstić information content (AvgIpc) is 2.69. The summed E-state index contributed by atoms with van der Waals surface area (Å²) >= 11 is 0. The van der Waals surface area contributed by atoms with E-state index in [-0.39, 0.29) is 12.0 Å². The van der Waals surface area contributed by atoms with Crippen molar-refractivity contribution in [2.75, 3.05) is 26.2 Å². The van der Waals surface area contributed by atoms with Crippen LogP contribution in [0.25, 0.3) is 0 Å². The van der Waals surface area contributed by atoms with Gasteiger partial charge in [0.15, 0.2) is 0 Å². The van der Waals surface area contributed by atoms with Crippen molar-refractivity contribution in [2.24, 2.45) is 5.73 Å². The van der Waals surface area contributed by atoms with Gasteiger partial charge in [-0.15, -0.1) is 0 Å². The highest BCUT2D eigenvalue weighted by atomic mass is 16.5. The summed E-state index contributed by atoms with van der Waals surface area (Å²) in [5, 5.41) is 0. The topological polar surface area (TPSA) is 55.6 Å². The zero-order valence-corrected chi connectivity index (χ0v) is 11.8. The zero-order valence-electron chi connectivity index (χ0n) is 11.8. The Morgan fingerprint density at radius 3 is 3.20 bits per heavy atom. The van der Waals surface area contributed by atoms with Crippen molar-refractivity contribution in [3.05, 3.63) is 35.4 Å². The van der Waals surface area contributed by atoms with Gasteiger partial charge in [-0.3, -0.25) is 4.79 Å². The summed E-state index contributed by atoms with van der Waals surface area (Å²) in [5.41, 5.74) is 6.85. The van der Waals surface area contributed by atoms with E-state index in [9.17, 15) is 4.79 Å². The van der Waals surface area contributed by atoms with Gasteiger partial charge in [0.1, 0.15) is 0 Å². The number of hydrogen-bond acceptors (Lipinski definition) is 3. The van der Waals surface area contributed by atoms with Crippen molar-refractivity contribution in [3.63, 3.8) is 0 Å². The van der Waals surface area contributed by atoms with Crippen LogP contribution in [0.5, 0.6) is 0 Å². The lowest BCUT2D eigenvalue weighted by molar-refractivity contribution is 0.0562. The molecule has 2 rings (SSSR count). The molecular weight excluding hydrogens is 252 g/mol. The molecule has 1 aromatic carbocycles. The Morgan fingerprint density at radius 1 is 1.55 bits per heavy atom. The first-order chi connectivity index (χ1) is 9.70. The summed E-state index contributed by atoms with van der Waals surface area (Å²) in [6.45, 7) is 4.40. The van der Waals surface area contributed by atoms with E-state index in [1.165, 1.54) is 0 Å². The zero-order chi connectivity index (χ0) is 14.4. The molecule has 0 aliphatic carbocycles. The first-order valence-corrected chi connectivity index (χ1v) is 6.90. The standard InChI is InChI=1S/C16H20N2O2/c1-13-12-18(9-4-10-20-13)16(19)15-7-2-5-14(11-15)6-3-8-17/h2,5,7,11,13H,4,8-10,12,17H2,1H3. The van der Waals surface area contributed by atoms with Gasteiger partial charge in [0.2, 0.25) is 0 Å². The Kier molecular flexibility index (Phi) is 5.16. The van der Waals surface area contributed by atoms with Crippen LogP contribution in [0.3, 0.4) is 0 Å². The van der Waals surface area contributed by atoms with Crippen molar-refractivity contribution in [1.29, 1.82) is 0 Å². The number of carbonyl (C=O) groups is 1. The van der Waals surface area contributed by atoms with Gasteiger partial charge in [0.25, 0.3) is 5.91 Å². The maximum atomic E-state index is 12.5. The van der Waals surface area contributed by atoms with E-state index < -0.39 is 0 Å². The minimum absolute atomic E-state index is 0.0405. The molecule has 1 fully saturated rings. The molecule has 1 amide bonds. The van der Waals surface area contributed by atoms with Crippen LogP contribution in [0.4, 0.5) is 0 Å². The van der Waals surface area contributed by atoms with Gasteiger partial charge in [-0.25, -0.2) is 0 Å². The molecule has 1 atom stereocenters. The molecule has 0 spiro atoms. The largest absolute Gasteiger partial charge is 0.377 e. The summed E-state index contributed by atoms with van der Waals surface area (Å²) in [6.07, 6.45) is 0.963. The number of rotatable bonds is 1. The third-order valence-electron chi connectivity index (χ3n) is 3.18. The first kappa shape index (κ1) is 14.6. The number of amides is 1. The quantitative estimate of drug-likeness (QED) is 0.783. The maximum Gasteiger partial charge on any atom is 0.253 e. The minimum atomic E-state index is 0.0405. The van der Waals surface area contributed by atoms with Gasteiger partial charge in [0, 0.05) is 30.8 Å². The van der Waals surface area contributed by atoms with Crippen molar-refractivity contribution < 1.29 is 9.53 Å². The van der Waals surface area contributed by atoms with Crippen molar-refractivity contribution >= 4 is 5.91 Å². The van der Waals surface area contributed by atoms with Gasteiger partial charge in [-0.05, 0) is 31.5 Å². The predicted octanol–water partition coefficient (Wildman–Crippen LogP) is 1.25. The SMILES string of the molecule is CC1CN(C(=O)c2cccc(C#CCN)c2)CCCO1. The molecule has 4 heteroatoms. The number of nitrogens with two attached hydrogens (primary N) is 1. The van der Waals surface area contributed by atoms with E-state index in [4.69, 9.17) is 10.5 Å². The smallest absolute Gasteiger partial charge is 0.253 e. The van der Waals surface area contributed by atoms with Gasteiger partial charge in [-0.1, -0.05) is 17.9 Å². The Balaban J connectivity index is 2.15. The molecule has 1 unspecified atom stereocenters. The molecule has 0 radical (unpaired) electrons. The second kappa shape index (κ2) is 7.09. The van der Waals surface area contributed by atoms with Crippen LogP contribution >= 0.6 is 0 Å². The predicted molar refractivity (Wildman–Crippen MR) is 78.3 cm³/mol. The second-order valence-electron chi connectivity index (χ2n) is 4.87. The van der Waals surface area contributed by atoms with Crippen LogP contribution in [-0.4, -0.2) is 43.2 Å². The van der Waals surface area contributed by atoms with E-state index in [0.717, 1.165) is 18.5 Å². The Morgan fingerprint density at radius 2 is 2.40 bits per heavy atom. The Bertz CT molecular complexity index is 531. The average molecular weight is 272 g/mol. The van der Waals surface area contributed by atoms with Gasteiger partial charge >= 0.3 is 0 Å². The highest BCUT2D eigenvalue weighted by Gasteiger charge is 2.20. The summed E-state index contributed by atoms with van der Waals surface area (Å²) in [5.74, 6) is 5.79. The molecular formula is C16H20N2O2. The maximum absolute atomic E-state index is 12.5. The van der Waals surface area contributed by atoms with E-state index in [1.54, 1.807) is 0 Å². The second-order valence-corrected chi connectivity index (χ2v) is 4.87. The molecule has 2 N–H and O–H groups in total. The van der Waals surface area contributed by atoms with Crippen LogP contribution in [0.1, 0.15) is 29.3 Å². The lowest BCUT2D eigenvalue weighted by atomic mass is 10.1. The molecule has 1 aromatic rings. The van der Waals surface area contributed by atoms with Crippen LogP contribution < -0.4 is 5.73 Å².